The van der Waals surface area contributed by atoms with Crippen LogP contribution in [0.15, 0.2) is 65.7 Å². The lowest BCUT2D eigenvalue weighted by Gasteiger charge is -2.23. The van der Waals surface area contributed by atoms with Crippen LogP contribution in [0.5, 0.6) is 0 Å². The van der Waals surface area contributed by atoms with Crippen LogP contribution in [0.3, 0.4) is 0 Å². The zero-order chi connectivity index (χ0) is 19.3. The highest BCUT2D eigenvalue weighted by molar-refractivity contribution is 7.71. The number of hydrogen-bond acceptors (Lipinski definition) is 5. The summed E-state index contributed by atoms with van der Waals surface area (Å²) in [5.41, 5.74) is 3.23. The summed E-state index contributed by atoms with van der Waals surface area (Å²) in [5.74, 6) is 0.495. The van der Waals surface area contributed by atoms with E-state index in [-0.39, 0.29) is 11.6 Å². The quantitative estimate of drug-likeness (QED) is 0.528. The van der Waals surface area contributed by atoms with Crippen molar-refractivity contribution in [3.8, 4) is 5.69 Å². The summed E-state index contributed by atoms with van der Waals surface area (Å²) < 4.78 is 2.12. The van der Waals surface area contributed by atoms with Gasteiger partial charge in [-0.25, -0.2) is 4.98 Å². The molecular formula is C21H17N5OS. The van der Waals surface area contributed by atoms with Crippen LogP contribution in [0.1, 0.15) is 12.5 Å². The van der Waals surface area contributed by atoms with Crippen molar-refractivity contribution in [3.63, 3.8) is 0 Å². The highest BCUT2D eigenvalue weighted by Crippen LogP contribution is 2.36. The Bertz CT molecular complexity index is 1310. The third-order valence-corrected chi connectivity index (χ3v) is 5.49. The maximum Gasteiger partial charge on any atom is 0.264 e. The molecule has 0 aliphatic carbocycles. The number of rotatable bonds is 2. The van der Waals surface area contributed by atoms with Crippen LogP contribution in [0, 0.1) is 4.64 Å². The molecule has 6 nitrogen and oxygen atoms in total. The van der Waals surface area contributed by atoms with Gasteiger partial charge in [0.2, 0.25) is 5.95 Å². The predicted molar refractivity (Wildman–Crippen MR) is 112 cm³/mol. The van der Waals surface area contributed by atoms with Crippen LogP contribution in [0.4, 0.5) is 11.6 Å². The molecule has 28 heavy (non-hydrogen) atoms. The number of aromatic nitrogens is 4. The fraction of sp³-hybridized carbons (Fsp3) is 0.143. The first-order valence-electron chi connectivity index (χ1n) is 9.08. The van der Waals surface area contributed by atoms with E-state index in [1.807, 2.05) is 48.5 Å². The Morgan fingerprint density at radius 2 is 1.86 bits per heavy atom. The minimum atomic E-state index is -0.278. The lowest BCUT2D eigenvalue weighted by atomic mass is 10.1. The third kappa shape index (κ3) is 2.55. The van der Waals surface area contributed by atoms with E-state index in [9.17, 15) is 4.79 Å². The number of fused-ring (bicyclic) bond motifs is 2. The summed E-state index contributed by atoms with van der Waals surface area (Å²) >= 11 is 5.58. The SMILES string of the molecule is C[C@H]1Cc2ccccc2N1c1nc2ncn(-c3ccccc3)c(=S)c2c(=O)[nH]1. The van der Waals surface area contributed by atoms with E-state index in [4.69, 9.17) is 12.2 Å². The summed E-state index contributed by atoms with van der Waals surface area (Å²) in [6.45, 7) is 2.12. The van der Waals surface area contributed by atoms with Gasteiger partial charge in [-0.05, 0) is 37.1 Å². The number of aromatic amines is 1. The second-order valence-corrected chi connectivity index (χ2v) is 7.28. The molecule has 0 bridgehead atoms. The zero-order valence-corrected chi connectivity index (χ0v) is 16.0. The van der Waals surface area contributed by atoms with E-state index in [1.165, 1.54) is 5.56 Å². The molecule has 138 valence electrons. The van der Waals surface area contributed by atoms with Gasteiger partial charge < -0.3 is 4.90 Å². The lowest BCUT2D eigenvalue weighted by Crippen LogP contribution is -2.28. The lowest BCUT2D eigenvalue weighted by molar-refractivity contribution is 0.739. The van der Waals surface area contributed by atoms with Crippen molar-refractivity contribution >= 4 is 34.9 Å². The van der Waals surface area contributed by atoms with E-state index in [1.54, 1.807) is 10.9 Å². The highest BCUT2D eigenvalue weighted by Gasteiger charge is 2.29. The largest absolute Gasteiger partial charge is 0.309 e. The molecule has 0 amide bonds. The number of nitrogens with zero attached hydrogens (tertiary/aromatic N) is 4. The summed E-state index contributed by atoms with van der Waals surface area (Å²) in [7, 11) is 0. The minimum Gasteiger partial charge on any atom is -0.309 e. The van der Waals surface area contributed by atoms with Crippen molar-refractivity contribution in [2.75, 3.05) is 4.90 Å². The van der Waals surface area contributed by atoms with E-state index < -0.39 is 0 Å². The summed E-state index contributed by atoms with van der Waals surface area (Å²) in [6, 6.07) is 18.0. The molecule has 2 aromatic carbocycles. The highest BCUT2D eigenvalue weighted by atomic mass is 32.1. The Morgan fingerprint density at radius 3 is 2.68 bits per heavy atom. The number of nitrogens with one attached hydrogen (secondary N) is 1. The Balaban J connectivity index is 1.69. The second kappa shape index (κ2) is 6.38. The summed E-state index contributed by atoms with van der Waals surface area (Å²) in [4.78, 5) is 27.0. The molecule has 5 rings (SSSR count). The number of para-hydroxylation sites is 2. The minimum absolute atomic E-state index is 0.193. The average molecular weight is 387 g/mol. The molecule has 1 aliphatic heterocycles. The van der Waals surface area contributed by atoms with Crippen molar-refractivity contribution < 1.29 is 0 Å². The molecule has 0 saturated heterocycles. The second-order valence-electron chi connectivity index (χ2n) is 6.90. The van der Waals surface area contributed by atoms with Crippen molar-refractivity contribution in [1.29, 1.82) is 0 Å². The van der Waals surface area contributed by atoms with E-state index in [0.29, 0.717) is 21.6 Å². The zero-order valence-electron chi connectivity index (χ0n) is 15.2. The molecule has 1 aliphatic rings. The molecule has 0 unspecified atom stereocenters. The summed E-state index contributed by atoms with van der Waals surface area (Å²) in [5, 5.41) is 0.324. The number of hydrogen-bond donors (Lipinski definition) is 1. The van der Waals surface area contributed by atoms with E-state index >= 15 is 0 Å². The van der Waals surface area contributed by atoms with Crippen LogP contribution in [-0.2, 0) is 6.42 Å². The molecule has 0 saturated carbocycles. The van der Waals surface area contributed by atoms with Gasteiger partial charge in [0.05, 0.1) is 0 Å². The van der Waals surface area contributed by atoms with Crippen molar-refractivity contribution in [1.82, 2.24) is 19.5 Å². The van der Waals surface area contributed by atoms with Gasteiger partial charge in [0, 0.05) is 17.4 Å². The normalized spacial score (nSPS) is 15.8. The van der Waals surface area contributed by atoms with Crippen molar-refractivity contribution in [2.45, 2.75) is 19.4 Å². The van der Waals surface area contributed by atoms with Gasteiger partial charge >= 0.3 is 0 Å². The van der Waals surface area contributed by atoms with Gasteiger partial charge in [-0.15, -0.1) is 0 Å². The first-order valence-corrected chi connectivity index (χ1v) is 9.48. The molecule has 1 N–H and O–H groups in total. The maximum absolute atomic E-state index is 12.9. The Labute approximate surface area is 166 Å². The average Bonchev–Trinajstić information content (AvgIpc) is 3.04. The fourth-order valence-electron chi connectivity index (χ4n) is 3.80. The van der Waals surface area contributed by atoms with Gasteiger partial charge in [-0.1, -0.05) is 48.6 Å². The number of H-pyrrole nitrogens is 1. The Morgan fingerprint density at radius 1 is 1.11 bits per heavy atom. The molecule has 2 aromatic heterocycles. The van der Waals surface area contributed by atoms with Crippen LogP contribution in [0.2, 0.25) is 0 Å². The fourth-order valence-corrected chi connectivity index (χ4v) is 4.13. The number of benzene rings is 2. The Hall–Kier alpha value is -3.32. The number of anilines is 2. The van der Waals surface area contributed by atoms with E-state index in [2.05, 4.69) is 32.8 Å². The van der Waals surface area contributed by atoms with Crippen molar-refractivity contribution in [3.05, 3.63) is 81.5 Å². The molecule has 3 heterocycles. The maximum atomic E-state index is 12.9. The first-order chi connectivity index (χ1) is 13.6. The van der Waals surface area contributed by atoms with Crippen LogP contribution < -0.4 is 10.5 Å². The van der Waals surface area contributed by atoms with Gasteiger partial charge in [-0.2, -0.15) is 4.98 Å². The molecule has 4 aromatic rings. The van der Waals surface area contributed by atoms with E-state index in [0.717, 1.165) is 17.8 Å². The van der Waals surface area contributed by atoms with Gasteiger partial charge in [0.15, 0.2) is 5.65 Å². The molecule has 7 heteroatoms. The molecular weight excluding hydrogens is 370 g/mol. The molecule has 0 fully saturated rings. The Kier molecular flexibility index (Phi) is 3.84. The summed E-state index contributed by atoms with van der Waals surface area (Å²) in [6.07, 6.45) is 2.53. The topological polar surface area (TPSA) is 66.8 Å². The third-order valence-electron chi connectivity index (χ3n) is 5.09. The predicted octanol–water partition coefficient (Wildman–Crippen LogP) is 3.92. The van der Waals surface area contributed by atoms with Crippen LogP contribution in [0.25, 0.3) is 16.7 Å². The standard InChI is InChI=1S/C21H17N5OS/c1-13-11-14-7-5-6-10-16(14)26(13)21-23-18-17(19(27)24-21)20(28)25(12-22-18)15-8-3-2-4-9-15/h2-10,12-13H,11H2,1H3,(H,23,24,27)/t13-/m0/s1. The van der Waals surface area contributed by atoms with Gasteiger partial charge in [-0.3, -0.25) is 14.3 Å². The molecule has 1 atom stereocenters. The van der Waals surface area contributed by atoms with Crippen LogP contribution >= 0.6 is 12.2 Å². The first kappa shape index (κ1) is 16.8. The monoisotopic (exact) mass is 387 g/mol. The molecule has 0 spiro atoms. The van der Waals surface area contributed by atoms with Crippen molar-refractivity contribution in [2.24, 2.45) is 0 Å². The van der Waals surface area contributed by atoms with Gasteiger partial charge in [0.1, 0.15) is 16.4 Å². The van der Waals surface area contributed by atoms with Gasteiger partial charge in [0.25, 0.3) is 5.56 Å². The van der Waals surface area contributed by atoms with Crippen LogP contribution in [-0.4, -0.2) is 25.6 Å². The smallest absolute Gasteiger partial charge is 0.264 e. The molecule has 0 radical (unpaired) electrons.